The van der Waals surface area contributed by atoms with Crippen molar-refractivity contribution in [2.75, 3.05) is 51.5 Å². The van der Waals surface area contributed by atoms with Crippen LogP contribution < -0.4 is 4.72 Å². The minimum absolute atomic E-state index is 0.0266. The Morgan fingerprint density at radius 3 is 2.26 bits per heavy atom. The fourth-order valence-electron chi connectivity index (χ4n) is 3.26. The number of amides is 2. The molecule has 1 heterocycles. The lowest BCUT2D eigenvalue weighted by atomic mass is 10.2. The van der Waals surface area contributed by atoms with Gasteiger partial charge in [-0.1, -0.05) is 23.8 Å². The minimum Gasteiger partial charge on any atom is -0.348 e. The van der Waals surface area contributed by atoms with Gasteiger partial charge in [-0.2, -0.15) is 0 Å². The average molecular weight is 445 g/mol. The fourth-order valence-corrected chi connectivity index (χ4v) is 4.36. The molecule has 9 heteroatoms. The van der Waals surface area contributed by atoms with E-state index in [4.69, 9.17) is 0 Å². The van der Waals surface area contributed by atoms with Gasteiger partial charge in [0.2, 0.25) is 5.91 Å². The standard InChI is InChI=1S/C22H28N4O4S/c1-17-7-9-19(10-8-17)23-31(29,30)20-6-4-5-18(15-20)22(28)26-13-11-25(12-14-26)16-21(27)24(2)3/h4-10,15,23H,11-14,16H2,1-3H3. The fraction of sp³-hybridized carbons (Fsp3) is 0.364. The third-order valence-electron chi connectivity index (χ3n) is 5.21. The summed E-state index contributed by atoms with van der Waals surface area (Å²) in [6.45, 7) is 4.41. The van der Waals surface area contributed by atoms with Gasteiger partial charge in [0.1, 0.15) is 0 Å². The van der Waals surface area contributed by atoms with Gasteiger partial charge in [-0.3, -0.25) is 19.2 Å². The second kappa shape index (κ2) is 9.49. The normalized spacial score (nSPS) is 14.9. The van der Waals surface area contributed by atoms with Crippen LogP contribution in [0.4, 0.5) is 5.69 Å². The predicted octanol–water partition coefficient (Wildman–Crippen LogP) is 1.64. The van der Waals surface area contributed by atoms with Crippen molar-refractivity contribution in [3.05, 3.63) is 59.7 Å². The van der Waals surface area contributed by atoms with Crippen LogP contribution in [0, 0.1) is 6.92 Å². The zero-order valence-electron chi connectivity index (χ0n) is 18.0. The van der Waals surface area contributed by atoms with Crippen LogP contribution in [0.5, 0.6) is 0 Å². The molecule has 0 bridgehead atoms. The number of sulfonamides is 1. The Kier molecular flexibility index (Phi) is 6.97. The van der Waals surface area contributed by atoms with E-state index in [0.717, 1.165) is 5.56 Å². The van der Waals surface area contributed by atoms with Crippen molar-refractivity contribution in [2.24, 2.45) is 0 Å². The summed E-state index contributed by atoms with van der Waals surface area (Å²) in [4.78, 5) is 30.1. The van der Waals surface area contributed by atoms with Crippen LogP contribution in [-0.2, 0) is 14.8 Å². The van der Waals surface area contributed by atoms with E-state index in [0.29, 0.717) is 44.0 Å². The highest BCUT2D eigenvalue weighted by molar-refractivity contribution is 7.92. The number of piperazine rings is 1. The number of likely N-dealkylation sites (N-methyl/N-ethyl adjacent to an activating group) is 1. The molecule has 8 nitrogen and oxygen atoms in total. The molecule has 2 aromatic carbocycles. The van der Waals surface area contributed by atoms with Crippen molar-refractivity contribution in [2.45, 2.75) is 11.8 Å². The number of nitrogens with zero attached hydrogens (tertiary/aromatic N) is 3. The number of hydrogen-bond acceptors (Lipinski definition) is 5. The number of nitrogens with one attached hydrogen (secondary N) is 1. The van der Waals surface area contributed by atoms with E-state index in [1.54, 1.807) is 48.2 Å². The number of aryl methyl sites for hydroxylation is 1. The number of benzene rings is 2. The van der Waals surface area contributed by atoms with Crippen molar-refractivity contribution in [3.63, 3.8) is 0 Å². The Bertz CT molecular complexity index is 1040. The summed E-state index contributed by atoms with van der Waals surface area (Å²) in [6.07, 6.45) is 0. The van der Waals surface area contributed by atoms with Crippen LogP contribution in [-0.4, -0.2) is 81.8 Å². The predicted molar refractivity (Wildman–Crippen MR) is 119 cm³/mol. The van der Waals surface area contributed by atoms with Crippen LogP contribution in [0.15, 0.2) is 53.4 Å². The maximum Gasteiger partial charge on any atom is 0.261 e. The maximum absolute atomic E-state index is 12.9. The molecule has 1 aliphatic rings. The first-order chi connectivity index (χ1) is 14.7. The summed E-state index contributed by atoms with van der Waals surface area (Å²) in [7, 11) is -0.376. The zero-order valence-corrected chi connectivity index (χ0v) is 18.9. The van der Waals surface area contributed by atoms with Crippen LogP contribution in [0.25, 0.3) is 0 Å². The molecule has 1 saturated heterocycles. The molecule has 2 aromatic rings. The highest BCUT2D eigenvalue weighted by atomic mass is 32.2. The smallest absolute Gasteiger partial charge is 0.261 e. The van der Waals surface area contributed by atoms with Crippen LogP contribution in [0.3, 0.4) is 0 Å². The number of carbonyl (C=O) groups is 2. The Morgan fingerprint density at radius 1 is 1.00 bits per heavy atom. The lowest BCUT2D eigenvalue weighted by molar-refractivity contribution is -0.130. The number of hydrogen-bond donors (Lipinski definition) is 1. The second-order valence-electron chi connectivity index (χ2n) is 7.86. The molecule has 0 aliphatic carbocycles. The first kappa shape index (κ1) is 22.8. The van der Waals surface area contributed by atoms with Crippen LogP contribution in [0.1, 0.15) is 15.9 Å². The number of carbonyl (C=O) groups excluding carboxylic acids is 2. The minimum atomic E-state index is -3.81. The number of rotatable bonds is 6. The van der Waals surface area contributed by atoms with Crippen molar-refractivity contribution in [1.82, 2.24) is 14.7 Å². The molecule has 0 saturated carbocycles. The molecule has 2 amide bonds. The highest BCUT2D eigenvalue weighted by Crippen LogP contribution is 2.19. The van der Waals surface area contributed by atoms with E-state index >= 15 is 0 Å². The van der Waals surface area contributed by atoms with E-state index in [1.807, 2.05) is 24.0 Å². The summed E-state index contributed by atoms with van der Waals surface area (Å²) in [6, 6.07) is 13.1. The highest BCUT2D eigenvalue weighted by Gasteiger charge is 2.25. The van der Waals surface area contributed by atoms with E-state index in [2.05, 4.69) is 4.72 Å². The Morgan fingerprint density at radius 2 is 1.65 bits per heavy atom. The van der Waals surface area contributed by atoms with Crippen LogP contribution in [0.2, 0.25) is 0 Å². The topological polar surface area (TPSA) is 90.0 Å². The van der Waals surface area contributed by atoms with Gasteiger partial charge >= 0.3 is 0 Å². The van der Waals surface area contributed by atoms with Crippen molar-refractivity contribution < 1.29 is 18.0 Å². The quantitative estimate of drug-likeness (QED) is 0.732. The SMILES string of the molecule is Cc1ccc(NS(=O)(=O)c2cccc(C(=O)N3CCN(CC(=O)N(C)C)CC3)c2)cc1. The average Bonchev–Trinajstić information content (AvgIpc) is 2.75. The monoisotopic (exact) mass is 444 g/mol. The van der Waals surface area contributed by atoms with Gasteiger partial charge in [-0.25, -0.2) is 8.42 Å². The summed E-state index contributed by atoms with van der Waals surface area (Å²) >= 11 is 0. The van der Waals surface area contributed by atoms with Gasteiger partial charge in [-0.05, 0) is 37.3 Å². The molecule has 31 heavy (non-hydrogen) atoms. The lowest BCUT2D eigenvalue weighted by Gasteiger charge is -2.34. The van der Waals surface area contributed by atoms with Gasteiger partial charge in [0.15, 0.2) is 0 Å². The molecule has 1 fully saturated rings. The molecule has 0 atom stereocenters. The van der Waals surface area contributed by atoms with Crippen molar-refractivity contribution in [1.29, 1.82) is 0 Å². The molecule has 0 aromatic heterocycles. The number of anilines is 1. The summed E-state index contributed by atoms with van der Waals surface area (Å²) < 4.78 is 28.1. The largest absolute Gasteiger partial charge is 0.348 e. The molecule has 0 unspecified atom stereocenters. The van der Waals surface area contributed by atoms with Gasteiger partial charge in [0.25, 0.3) is 15.9 Å². The zero-order chi connectivity index (χ0) is 22.6. The lowest BCUT2D eigenvalue weighted by Crippen LogP contribution is -2.51. The molecule has 1 N–H and O–H groups in total. The Hall–Kier alpha value is -2.91. The molecular formula is C22H28N4O4S. The van der Waals surface area contributed by atoms with Crippen molar-refractivity contribution >= 4 is 27.5 Å². The maximum atomic E-state index is 12.9. The van der Waals surface area contributed by atoms with E-state index in [1.165, 1.54) is 12.1 Å². The molecule has 0 spiro atoms. The van der Waals surface area contributed by atoms with Gasteiger partial charge < -0.3 is 9.80 Å². The Labute approximate surface area is 183 Å². The van der Waals surface area contributed by atoms with Gasteiger partial charge in [0, 0.05) is 51.5 Å². The summed E-state index contributed by atoms with van der Waals surface area (Å²) in [5, 5.41) is 0. The van der Waals surface area contributed by atoms with E-state index in [-0.39, 0.29) is 16.7 Å². The second-order valence-corrected chi connectivity index (χ2v) is 9.54. The first-order valence-electron chi connectivity index (χ1n) is 10.1. The van der Waals surface area contributed by atoms with Crippen LogP contribution >= 0.6 is 0 Å². The van der Waals surface area contributed by atoms with E-state index < -0.39 is 10.0 Å². The first-order valence-corrected chi connectivity index (χ1v) is 11.6. The third kappa shape index (κ3) is 5.83. The Balaban J connectivity index is 1.66. The van der Waals surface area contributed by atoms with E-state index in [9.17, 15) is 18.0 Å². The van der Waals surface area contributed by atoms with Crippen molar-refractivity contribution in [3.8, 4) is 0 Å². The summed E-state index contributed by atoms with van der Waals surface area (Å²) in [5.41, 5.74) is 1.82. The molecule has 166 valence electrons. The van der Waals surface area contributed by atoms with Gasteiger partial charge in [-0.15, -0.1) is 0 Å². The molecule has 3 rings (SSSR count). The molecular weight excluding hydrogens is 416 g/mol. The van der Waals surface area contributed by atoms with Gasteiger partial charge in [0.05, 0.1) is 11.4 Å². The third-order valence-corrected chi connectivity index (χ3v) is 6.59. The summed E-state index contributed by atoms with van der Waals surface area (Å²) in [5.74, 6) is -0.190. The molecule has 0 radical (unpaired) electrons. The molecule has 1 aliphatic heterocycles.